The van der Waals surface area contributed by atoms with Crippen molar-refractivity contribution in [1.82, 2.24) is 10.2 Å². The second-order valence-corrected chi connectivity index (χ2v) is 11.8. The number of hydrogen-bond acceptors (Lipinski definition) is 4. The van der Waals surface area contributed by atoms with E-state index in [4.69, 9.17) is 0 Å². The zero-order valence-corrected chi connectivity index (χ0v) is 24.6. The first kappa shape index (κ1) is 29.4. The molecule has 0 aliphatic heterocycles. The van der Waals surface area contributed by atoms with Crippen molar-refractivity contribution >= 4 is 43.5 Å². The summed E-state index contributed by atoms with van der Waals surface area (Å²) in [6.45, 7) is 7.39. The molecule has 3 rings (SSSR count). The molecule has 38 heavy (non-hydrogen) atoms. The molecule has 0 unspecified atom stereocenters. The van der Waals surface area contributed by atoms with E-state index in [9.17, 15) is 18.0 Å². The third-order valence-corrected chi connectivity index (χ3v) is 8.56. The maximum absolute atomic E-state index is 13.9. The summed E-state index contributed by atoms with van der Waals surface area (Å²) in [5, 5.41) is 2.77. The summed E-state index contributed by atoms with van der Waals surface area (Å²) < 4.78 is 29.9. The number of nitrogens with one attached hydrogen (secondary N) is 1. The van der Waals surface area contributed by atoms with E-state index in [0.717, 1.165) is 25.5 Å². The number of hydrogen-bond donors (Lipinski definition) is 1. The lowest BCUT2D eigenvalue weighted by Crippen LogP contribution is -2.51. The van der Waals surface area contributed by atoms with E-state index in [2.05, 4.69) is 21.2 Å². The lowest BCUT2D eigenvalue weighted by Gasteiger charge is -2.32. The highest BCUT2D eigenvalue weighted by Crippen LogP contribution is 2.28. The molecule has 1 atom stereocenters. The highest BCUT2D eigenvalue weighted by Gasteiger charge is 2.33. The van der Waals surface area contributed by atoms with Gasteiger partial charge in [-0.3, -0.25) is 13.9 Å². The maximum atomic E-state index is 13.9. The highest BCUT2D eigenvalue weighted by molar-refractivity contribution is 9.10. The van der Waals surface area contributed by atoms with Crippen LogP contribution < -0.4 is 9.62 Å². The number of sulfonamides is 1. The van der Waals surface area contributed by atoms with E-state index in [-0.39, 0.29) is 17.3 Å². The van der Waals surface area contributed by atoms with Crippen molar-refractivity contribution in [3.8, 4) is 0 Å². The Hall–Kier alpha value is -3.17. The number of anilines is 1. The van der Waals surface area contributed by atoms with Crippen LogP contribution in [0.15, 0.2) is 82.2 Å². The second kappa shape index (κ2) is 13.1. The molecule has 0 fully saturated rings. The summed E-state index contributed by atoms with van der Waals surface area (Å²) in [6, 6.07) is 20.4. The van der Waals surface area contributed by atoms with Crippen LogP contribution >= 0.6 is 15.9 Å². The molecule has 0 bridgehead atoms. The second-order valence-electron chi connectivity index (χ2n) is 9.03. The number of benzene rings is 3. The first-order valence-electron chi connectivity index (χ1n) is 12.6. The van der Waals surface area contributed by atoms with Gasteiger partial charge in [-0.2, -0.15) is 0 Å². The van der Waals surface area contributed by atoms with E-state index in [1.807, 2.05) is 57.2 Å². The summed E-state index contributed by atoms with van der Waals surface area (Å²) >= 11 is 3.45. The number of amides is 2. The van der Waals surface area contributed by atoms with Gasteiger partial charge in [0.25, 0.3) is 10.0 Å². The molecule has 0 aliphatic rings. The molecule has 3 aromatic carbocycles. The topological polar surface area (TPSA) is 86.8 Å². The van der Waals surface area contributed by atoms with E-state index in [1.54, 1.807) is 43.3 Å². The summed E-state index contributed by atoms with van der Waals surface area (Å²) in [7, 11) is -4.09. The van der Waals surface area contributed by atoms with E-state index < -0.39 is 28.5 Å². The Bertz CT molecular complexity index is 1380. The third kappa shape index (κ3) is 7.02. The number of halogens is 1. The van der Waals surface area contributed by atoms with Crippen LogP contribution in [0.4, 0.5) is 5.69 Å². The molecule has 0 heterocycles. The lowest BCUT2D eigenvalue weighted by atomic mass is 10.1. The van der Waals surface area contributed by atoms with Gasteiger partial charge in [0.15, 0.2) is 0 Å². The fourth-order valence-corrected chi connectivity index (χ4v) is 6.04. The van der Waals surface area contributed by atoms with Crippen LogP contribution in [0.2, 0.25) is 0 Å². The number of carbonyl (C=O) groups excluding carboxylic acids is 2. The summed E-state index contributed by atoms with van der Waals surface area (Å²) in [4.78, 5) is 28.3. The first-order chi connectivity index (χ1) is 18.1. The fourth-order valence-electron chi connectivity index (χ4n) is 4.14. The standard InChI is InChI=1S/C29H34BrN3O4S/c1-5-24-11-7-8-13-27(24)33(38(36,37)26-16-14-21(3)15-17-26)20-28(34)32(22(4)29(35)31-6-2)19-23-10-9-12-25(30)18-23/h7-18,22H,5-6,19-20H2,1-4H3,(H,31,35)/t22-/m0/s1. The van der Waals surface area contributed by atoms with Crippen LogP contribution in [0.25, 0.3) is 0 Å². The van der Waals surface area contributed by atoms with Gasteiger partial charge in [0.05, 0.1) is 10.6 Å². The van der Waals surface area contributed by atoms with Crippen LogP contribution in [0, 0.1) is 6.92 Å². The number of rotatable bonds is 11. The minimum Gasteiger partial charge on any atom is -0.355 e. The molecule has 1 N–H and O–H groups in total. The zero-order valence-electron chi connectivity index (χ0n) is 22.1. The van der Waals surface area contributed by atoms with E-state index in [1.165, 1.54) is 4.90 Å². The van der Waals surface area contributed by atoms with Crippen molar-refractivity contribution in [3.05, 3.63) is 94.0 Å². The van der Waals surface area contributed by atoms with Crippen molar-refractivity contribution < 1.29 is 18.0 Å². The monoisotopic (exact) mass is 599 g/mol. The fraction of sp³-hybridized carbons (Fsp3) is 0.310. The van der Waals surface area contributed by atoms with Gasteiger partial charge in [0.2, 0.25) is 11.8 Å². The molecule has 7 nitrogen and oxygen atoms in total. The molecule has 202 valence electrons. The molecular formula is C29H34BrN3O4S. The van der Waals surface area contributed by atoms with Crippen LogP contribution in [-0.4, -0.2) is 44.3 Å². The lowest BCUT2D eigenvalue weighted by molar-refractivity contribution is -0.139. The van der Waals surface area contributed by atoms with Crippen LogP contribution in [0.3, 0.4) is 0 Å². The van der Waals surface area contributed by atoms with Gasteiger partial charge in [-0.1, -0.05) is 70.9 Å². The zero-order chi connectivity index (χ0) is 27.9. The Balaban J connectivity index is 2.07. The third-order valence-electron chi connectivity index (χ3n) is 6.29. The minimum atomic E-state index is -4.09. The molecule has 0 aliphatic carbocycles. The maximum Gasteiger partial charge on any atom is 0.264 e. The predicted octanol–water partition coefficient (Wildman–Crippen LogP) is 5.07. The van der Waals surface area contributed by atoms with Gasteiger partial charge in [0.1, 0.15) is 12.6 Å². The first-order valence-corrected chi connectivity index (χ1v) is 14.8. The molecule has 3 aromatic rings. The number of para-hydroxylation sites is 1. The summed E-state index contributed by atoms with van der Waals surface area (Å²) in [6.07, 6.45) is 0.585. The van der Waals surface area contributed by atoms with Crippen molar-refractivity contribution in [1.29, 1.82) is 0 Å². The average Bonchev–Trinajstić information content (AvgIpc) is 2.90. The Morgan fingerprint density at radius 1 is 0.974 bits per heavy atom. The van der Waals surface area contributed by atoms with Gasteiger partial charge in [-0.15, -0.1) is 0 Å². The van der Waals surface area contributed by atoms with Crippen molar-refractivity contribution in [2.75, 3.05) is 17.4 Å². The van der Waals surface area contributed by atoms with Gasteiger partial charge < -0.3 is 10.2 Å². The van der Waals surface area contributed by atoms with Crippen molar-refractivity contribution in [3.63, 3.8) is 0 Å². The van der Waals surface area contributed by atoms with Crippen molar-refractivity contribution in [2.24, 2.45) is 0 Å². The molecule has 0 saturated carbocycles. The summed E-state index contributed by atoms with van der Waals surface area (Å²) in [5.41, 5.74) is 2.98. The van der Waals surface area contributed by atoms with Gasteiger partial charge in [-0.05, 0) is 68.7 Å². The number of likely N-dealkylation sites (N-methyl/N-ethyl adjacent to an activating group) is 1. The molecule has 9 heteroatoms. The van der Waals surface area contributed by atoms with Crippen LogP contribution in [-0.2, 0) is 32.6 Å². The molecule has 0 radical (unpaired) electrons. The summed E-state index contributed by atoms with van der Waals surface area (Å²) in [5.74, 6) is -0.789. The number of nitrogens with zero attached hydrogens (tertiary/aromatic N) is 2. The minimum absolute atomic E-state index is 0.0946. The smallest absolute Gasteiger partial charge is 0.264 e. The molecular weight excluding hydrogens is 566 g/mol. The normalized spacial score (nSPS) is 12.0. The highest BCUT2D eigenvalue weighted by atomic mass is 79.9. The van der Waals surface area contributed by atoms with Gasteiger partial charge in [0, 0.05) is 17.6 Å². The van der Waals surface area contributed by atoms with E-state index in [0.29, 0.717) is 18.7 Å². The Kier molecular flexibility index (Phi) is 10.1. The van der Waals surface area contributed by atoms with Crippen LogP contribution in [0.5, 0.6) is 0 Å². The Morgan fingerprint density at radius 3 is 2.29 bits per heavy atom. The average molecular weight is 601 g/mol. The Morgan fingerprint density at radius 2 is 1.66 bits per heavy atom. The molecule has 0 aromatic heterocycles. The Labute approximate surface area is 234 Å². The predicted molar refractivity (Wildman–Crippen MR) is 154 cm³/mol. The number of aryl methyl sites for hydroxylation is 2. The molecule has 0 saturated heterocycles. The van der Waals surface area contributed by atoms with E-state index >= 15 is 0 Å². The SMILES string of the molecule is CCNC(=O)[C@H](C)N(Cc1cccc(Br)c1)C(=O)CN(c1ccccc1CC)S(=O)(=O)c1ccc(C)cc1. The van der Waals surface area contributed by atoms with Gasteiger partial charge >= 0.3 is 0 Å². The van der Waals surface area contributed by atoms with Crippen molar-refractivity contribution in [2.45, 2.75) is 51.6 Å². The molecule has 2 amide bonds. The largest absolute Gasteiger partial charge is 0.355 e. The number of carbonyl (C=O) groups is 2. The van der Waals surface area contributed by atoms with Crippen LogP contribution in [0.1, 0.15) is 37.5 Å². The quantitative estimate of drug-likeness (QED) is 0.333. The molecule has 0 spiro atoms. The van der Waals surface area contributed by atoms with Gasteiger partial charge in [-0.25, -0.2) is 8.42 Å².